The van der Waals surface area contributed by atoms with Gasteiger partial charge in [0.2, 0.25) is 11.7 Å². The van der Waals surface area contributed by atoms with Crippen LogP contribution < -0.4 is 5.76 Å². The fourth-order valence-electron chi connectivity index (χ4n) is 2.38. The van der Waals surface area contributed by atoms with Gasteiger partial charge in [-0.1, -0.05) is 33.5 Å². The second-order valence-electron chi connectivity index (χ2n) is 5.38. The van der Waals surface area contributed by atoms with Gasteiger partial charge in [0.1, 0.15) is 6.54 Å². The molecule has 0 spiro atoms. The van der Waals surface area contributed by atoms with E-state index in [9.17, 15) is 4.79 Å². The topological polar surface area (TPSA) is 87.0 Å². The van der Waals surface area contributed by atoms with Gasteiger partial charge in [0, 0.05) is 21.2 Å². The molecule has 0 aliphatic carbocycles. The van der Waals surface area contributed by atoms with Crippen molar-refractivity contribution in [1.29, 1.82) is 0 Å². The third kappa shape index (κ3) is 3.26. The maximum atomic E-state index is 12.0. The molecule has 0 aliphatic rings. The predicted octanol–water partition coefficient (Wildman–Crippen LogP) is 3.91. The SMILES string of the molecule is O=c1onc(-c2ccc(Cl)cc2)n1Cc1nc(-c2ccc(Cl)cc2)no1. The molecular weight excluding hydrogens is 379 g/mol. The molecule has 0 amide bonds. The number of nitrogens with zero attached hydrogens (tertiary/aromatic N) is 4. The molecule has 0 saturated carbocycles. The third-order valence-electron chi connectivity index (χ3n) is 3.65. The molecule has 0 unspecified atom stereocenters. The van der Waals surface area contributed by atoms with Crippen molar-refractivity contribution in [2.45, 2.75) is 6.54 Å². The van der Waals surface area contributed by atoms with Gasteiger partial charge < -0.3 is 4.52 Å². The van der Waals surface area contributed by atoms with E-state index in [0.29, 0.717) is 27.3 Å². The van der Waals surface area contributed by atoms with Crippen LogP contribution in [-0.4, -0.2) is 19.9 Å². The molecule has 0 bridgehead atoms. The fraction of sp³-hybridized carbons (Fsp3) is 0.0588. The summed E-state index contributed by atoms with van der Waals surface area (Å²) < 4.78 is 11.3. The molecule has 2 heterocycles. The monoisotopic (exact) mass is 388 g/mol. The van der Waals surface area contributed by atoms with E-state index in [4.69, 9.17) is 32.2 Å². The van der Waals surface area contributed by atoms with Crippen molar-refractivity contribution < 1.29 is 9.05 Å². The minimum Gasteiger partial charge on any atom is -0.337 e. The van der Waals surface area contributed by atoms with E-state index in [1.54, 1.807) is 48.5 Å². The Balaban J connectivity index is 1.64. The zero-order valence-corrected chi connectivity index (χ0v) is 14.6. The molecule has 2 aromatic heterocycles. The second kappa shape index (κ2) is 6.78. The molecule has 0 N–H and O–H groups in total. The first-order valence-corrected chi connectivity index (χ1v) is 8.27. The summed E-state index contributed by atoms with van der Waals surface area (Å²) >= 11 is 11.8. The standard InChI is InChI=1S/C17H10Cl2N4O3/c18-12-5-1-10(2-6-12)15-20-14(25-21-15)9-23-16(22-26-17(23)24)11-3-7-13(19)8-4-11/h1-8H,9H2. The van der Waals surface area contributed by atoms with Crippen molar-refractivity contribution in [3.8, 4) is 22.8 Å². The third-order valence-corrected chi connectivity index (χ3v) is 4.16. The van der Waals surface area contributed by atoms with Crippen molar-refractivity contribution >= 4 is 23.2 Å². The summed E-state index contributed by atoms with van der Waals surface area (Å²) in [6.07, 6.45) is 0. The number of aromatic nitrogens is 4. The number of benzene rings is 2. The van der Waals surface area contributed by atoms with Crippen molar-refractivity contribution in [3.63, 3.8) is 0 Å². The Morgan fingerprint density at radius 3 is 2.12 bits per heavy atom. The zero-order chi connectivity index (χ0) is 18.1. The summed E-state index contributed by atoms with van der Waals surface area (Å²) in [5.74, 6) is 0.365. The Morgan fingerprint density at radius 2 is 1.46 bits per heavy atom. The lowest BCUT2D eigenvalue weighted by Crippen LogP contribution is -2.16. The lowest BCUT2D eigenvalue weighted by atomic mass is 10.2. The van der Waals surface area contributed by atoms with E-state index in [-0.39, 0.29) is 12.4 Å². The molecule has 26 heavy (non-hydrogen) atoms. The van der Waals surface area contributed by atoms with E-state index in [1.807, 2.05) is 0 Å². The van der Waals surface area contributed by atoms with Crippen molar-refractivity contribution in [2.24, 2.45) is 0 Å². The number of hydrogen-bond donors (Lipinski definition) is 0. The minimum absolute atomic E-state index is 0.0287. The van der Waals surface area contributed by atoms with Gasteiger partial charge in [-0.05, 0) is 48.5 Å². The van der Waals surface area contributed by atoms with Crippen LogP contribution in [-0.2, 0) is 6.54 Å². The van der Waals surface area contributed by atoms with Gasteiger partial charge in [0.15, 0.2) is 5.82 Å². The van der Waals surface area contributed by atoms with Crippen LogP contribution in [0.15, 0.2) is 62.4 Å². The van der Waals surface area contributed by atoms with E-state index in [0.717, 1.165) is 5.56 Å². The van der Waals surface area contributed by atoms with Crippen molar-refractivity contribution in [1.82, 2.24) is 19.9 Å². The van der Waals surface area contributed by atoms with Crippen LogP contribution in [0.1, 0.15) is 5.89 Å². The van der Waals surface area contributed by atoms with Gasteiger partial charge >= 0.3 is 5.76 Å². The first kappa shape index (κ1) is 16.6. The van der Waals surface area contributed by atoms with Crippen LogP contribution in [0.5, 0.6) is 0 Å². The van der Waals surface area contributed by atoms with Gasteiger partial charge in [-0.25, -0.2) is 9.36 Å². The molecule has 0 saturated heterocycles. The summed E-state index contributed by atoms with van der Waals surface area (Å²) in [6.45, 7) is 0.0287. The molecule has 7 nitrogen and oxygen atoms in total. The number of halogens is 2. The van der Waals surface area contributed by atoms with E-state index >= 15 is 0 Å². The largest absolute Gasteiger partial charge is 0.442 e. The van der Waals surface area contributed by atoms with E-state index in [2.05, 4.69) is 15.3 Å². The first-order valence-electron chi connectivity index (χ1n) is 7.51. The Labute approximate surface area is 156 Å². The van der Waals surface area contributed by atoms with Crippen LogP contribution in [0.2, 0.25) is 10.0 Å². The van der Waals surface area contributed by atoms with Crippen LogP contribution in [0.3, 0.4) is 0 Å². The van der Waals surface area contributed by atoms with Crippen molar-refractivity contribution in [2.75, 3.05) is 0 Å². The molecule has 9 heteroatoms. The lowest BCUT2D eigenvalue weighted by Gasteiger charge is -2.01. The van der Waals surface area contributed by atoms with Crippen LogP contribution >= 0.6 is 23.2 Å². The van der Waals surface area contributed by atoms with Crippen LogP contribution in [0, 0.1) is 0 Å². The van der Waals surface area contributed by atoms with Gasteiger partial charge in [-0.3, -0.25) is 4.52 Å². The summed E-state index contributed by atoms with van der Waals surface area (Å²) in [5.41, 5.74) is 1.43. The van der Waals surface area contributed by atoms with Gasteiger partial charge in [0.25, 0.3) is 0 Å². The molecule has 4 rings (SSSR count). The Bertz CT molecular complexity index is 1100. The molecule has 130 valence electrons. The lowest BCUT2D eigenvalue weighted by molar-refractivity contribution is 0.354. The molecular formula is C17H10Cl2N4O3. The summed E-state index contributed by atoms with van der Waals surface area (Å²) in [5, 5.41) is 8.93. The van der Waals surface area contributed by atoms with Crippen molar-refractivity contribution in [3.05, 3.63) is 75.0 Å². The second-order valence-corrected chi connectivity index (χ2v) is 6.26. The molecule has 2 aromatic carbocycles. The highest BCUT2D eigenvalue weighted by atomic mass is 35.5. The quantitative estimate of drug-likeness (QED) is 0.526. The highest BCUT2D eigenvalue weighted by Crippen LogP contribution is 2.21. The minimum atomic E-state index is -0.624. The number of rotatable bonds is 4. The Hall–Kier alpha value is -2.90. The van der Waals surface area contributed by atoms with Crippen LogP contribution in [0.25, 0.3) is 22.8 Å². The molecule has 0 radical (unpaired) electrons. The Kier molecular flexibility index (Phi) is 4.32. The first-order chi connectivity index (χ1) is 12.6. The smallest absolute Gasteiger partial charge is 0.337 e. The van der Waals surface area contributed by atoms with Crippen LogP contribution in [0.4, 0.5) is 0 Å². The molecule has 4 aromatic rings. The molecule has 0 aliphatic heterocycles. The average Bonchev–Trinajstić information content (AvgIpc) is 3.25. The maximum Gasteiger partial charge on any atom is 0.442 e. The summed E-state index contributed by atoms with van der Waals surface area (Å²) in [4.78, 5) is 16.3. The summed E-state index contributed by atoms with van der Waals surface area (Å²) in [6, 6.07) is 13.9. The fourth-order valence-corrected chi connectivity index (χ4v) is 2.64. The Morgan fingerprint density at radius 1 is 0.846 bits per heavy atom. The van der Waals surface area contributed by atoms with E-state index < -0.39 is 5.76 Å². The molecule has 0 atom stereocenters. The normalized spacial score (nSPS) is 11.0. The maximum absolute atomic E-state index is 12.0. The van der Waals surface area contributed by atoms with Gasteiger partial charge in [-0.2, -0.15) is 4.98 Å². The highest BCUT2D eigenvalue weighted by molar-refractivity contribution is 6.30. The highest BCUT2D eigenvalue weighted by Gasteiger charge is 2.17. The zero-order valence-electron chi connectivity index (χ0n) is 13.1. The predicted molar refractivity (Wildman–Crippen MR) is 95.1 cm³/mol. The summed E-state index contributed by atoms with van der Waals surface area (Å²) in [7, 11) is 0. The molecule has 0 fully saturated rings. The average molecular weight is 389 g/mol. The van der Waals surface area contributed by atoms with E-state index in [1.165, 1.54) is 4.57 Å². The van der Waals surface area contributed by atoms with Gasteiger partial charge in [0.05, 0.1) is 0 Å². The number of hydrogen-bond acceptors (Lipinski definition) is 6. The van der Waals surface area contributed by atoms with Gasteiger partial charge in [-0.15, -0.1) is 0 Å².